The zero-order chi connectivity index (χ0) is 16.5. The number of azo groups is 1. The number of hydrogen-bond donors (Lipinski definition) is 1. The second-order valence-corrected chi connectivity index (χ2v) is 5.03. The van der Waals surface area contributed by atoms with E-state index in [1.165, 1.54) is 29.0 Å². The SMILES string of the molecule is Oc1ccccc1N=Nc1c(-c2ccco2)nc2ccc(F)cn12. The maximum Gasteiger partial charge on any atom is 0.190 e. The number of pyridine rings is 1. The summed E-state index contributed by atoms with van der Waals surface area (Å²) in [4.78, 5) is 4.42. The van der Waals surface area contributed by atoms with Gasteiger partial charge in [-0.3, -0.25) is 4.40 Å². The van der Waals surface area contributed by atoms with E-state index >= 15 is 0 Å². The van der Waals surface area contributed by atoms with Gasteiger partial charge in [0.05, 0.1) is 6.26 Å². The maximum absolute atomic E-state index is 13.6. The second kappa shape index (κ2) is 5.62. The minimum Gasteiger partial charge on any atom is -0.506 e. The van der Waals surface area contributed by atoms with Crippen LogP contribution in [0.3, 0.4) is 0 Å². The smallest absolute Gasteiger partial charge is 0.190 e. The Morgan fingerprint density at radius 1 is 1.04 bits per heavy atom. The van der Waals surface area contributed by atoms with Gasteiger partial charge in [-0.1, -0.05) is 12.1 Å². The molecule has 24 heavy (non-hydrogen) atoms. The van der Waals surface area contributed by atoms with Crippen LogP contribution in [-0.2, 0) is 0 Å². The molecule has 118 valence electrons. The third kappa shape index (κ3) is 2.41. The Labute approximate surface area is 135 Å². The van der Waals surface area contributed by atoms with E-state index in [-0.39, 0.29) is 5.75 Å². The summed E-state index contributed by atoms with van der Waals surface area (Å²) in [6, 6.07) is 12.9. The molecule has 4 aromatic rings. The van der Waals surface area contributed by atoms with Crippen LogP contribution >= 0.6 is 0 Å². The topological polar surface area (TPSA) is 75.4 Å². The van der Waals surface area contributed by atoms with Crippen LogP contribution in [0.25, 0.3) is 17.1 Å². The summed E-state index contributed by atoms with van der Waals surface area (Å²) in [5.41, 5.74) is 1.24. The van der Waals surface area contributed by atoms with Crippen LogP contribution in [0, 0.1) is 5.82 Å². The highest BCUT2D eigenvalue weighted by Crippen LogP contribution is 2.34. The fraction of sp³-hybridized carbons (Fsp3) is 0. The van der Waals surface area contributed by atoms with Crippen LogP contribution in [0.1, 0.15) is 0 Å². The lowest BCUT2D eigenvalue weighted by molar-refractivity contribution is 0.476. The van der Waals surface area contributed by atoms with Gasteiger partial charge in [0.15, 0.2) is 17.3 Å². The average Bonchev–Trinajstić information content (AvgIpc) is 3.21. The van der Waals surface area contributed by atoms with Crippen molar-refractivity contribution in [2.45, 2.75) is 0 Å². The van der Waals surface area contributed by atoms with Gasteiger partial charge in [0.1, 0.15) is 22.9 Å². The number of imidazole rings is 1. The predicted octanol–water partition coefficient (Wildman–Crippen LogP) is 4.85. The normalized spacial score (nSPS) is 11.5. The van der Waals surface area contributed by atoms with Crippen LogP contribution < -0.4 is 0 Å². The first-order chi connectivity index (χ1) is 11.7. The summed E-state index contributed by atoms with van der Waals surface area (Å²) < 4.78 is 20.5. The number of rotatable bonds is 3. The molecule has 0 spiro atoms. The molecule has 0 radical (unpaired) electrons. The molecule has 0 amide bonds. The summed E-state index contributed by atoms with van der Waals surface area (Å²) in [6.07, 6.45) is 2.79. The average molecular weight is 322 g/mol. The fourth-order valence-electron chi connectivity index (χ4n) is 2.33. The van der Waals surface area contributed by atoms with Crippen molar-refractivity contribution in [2.24, 2.45) is 10.2 Å². The van der Waals surface area contributed by atoms with Gasteiger partial charge >= 0.3 is 0 Å². The Hall–Kier alpha value is -3.48. The Morgan fingerprint density at radius 3 is 2.71 bits per heavy atom. The van der Waals surface area contributed by atoms with Gasteiger partial charge in [-0.25, -0.2) is 9.37 Å². The lowest BCUT2D eigenvalue weighted by Gasteiger charge is -1.99. The van der Waals surface area contributed by atoms with Crippen molar-refractivity contribution in [1.29, 1.82) is 0 Å². The highest BCUT2D eigenvalue weighted by Gasteiger charge is 2.16. The Bertz CT molecular complexity index is 1040. The predicted molar refractivity (Wildman–Crippen MR) is 85.1 cm³/mol. The molecule has 0 fully saturated rings. The van der Waals surface area contributed by atoms with E-state index in [0.29, 0.717) is 28.6 Å². The number of hydrogen-bond acceptors (Lipinski definition) is 5. The van der Waals surface area contributed by atoms with E-state index in [0.717, 1.165) is 0 Å². The third-order valence-electron chi connectivity index (χ3n) is 3.45. The van der Waals surface area contributed by atoms with Gasteiger partial charge in [-0.05, 0) is 36.4 Å². The molecular formula is C17H11FN4O2. The van der Waals surface area contributed by atoms with Crippen molar-refractivity contribution in [3.8, 4) is 17.2 Å². The molecule has 0 unspecified atom stereocenters. The Morgan fingerprint density at radius 2 is 1.92 bits per heavy atom. The van der Waals surface area contributed by atoms with Crippen LogP contribution in [0.2, 0.25) is 0 Å². The molecule has 3 aromatic heterocycles. The van der Waals surface area contributed by atoms with Gasteiger partial charge in [0.25, 0.3) is 0 Å². The van der Waals surface area contributed by atoms with Gasteiger partial charge in [-0.2, -0.15) is 0 Å². The first-order valence-corrected chi connectivity index (χ1v) is 7.13. The van der Waals surface area contributed by atoms with E-state index in [1.54, 1.807) is 36.4 Å². The molecule has 7 heteroatoms. The van der Waals surface area contributed by atoms with Crippen molar-refractivity contribution in [3.05, 3.63) is 66.8 Å². The van der Waals surface area contributed by atoms with Gasteiger partial charge < -0.3 is 9.52 Å². The van der Waals surface area contributed by atoms with Crippen molar-refractivity contribution in [1.82, 2.24) is 9.38 Å². The number of aromatic hydroxyl groups is 1. The number of benzene rings is 1. The molecule has 0 aliphatic rings. The molecule has 0 saturated carbocycles. The first-order valence-electron chi connectivity index (χ1n) is 7.13. The van der Waals surface area contributed by atoms with Crippen LogP contribution in [0.4, 0.5) is 15.9 Å². The molecule has 0 atom stereocenters. The largest absolute Gasteiger partial charge is 0.506 e. The lowest BCUT2D eigenvalue weighted by Crippen LogP contribution is -1.85. The van der Waals surface area contributed by atoms with Crippen molar-refractivity contribution in [3.63, 3.8) is 0 Å². The van der Waals surface area contributed by atoms with Crippen molar-refractivity contribution >= 4 is 17.2 Å². The third-order valence-corrected chi connectivity index (χ3v) is 3.45. The van der Waals surface area contributed by atoms with Gasteiger partial charge in [0.2, 0.25) is 0 Å². The Balaban J connectivity index is 1.90. The zero-order valence-corrected chi connectivity index (χ0v) is 12.3. The number of halogens is 1. The second-order valence-electron chi connectivity index (χ2n) is 5.03. The summed E-state index contributed by atoms with van der Waals surface area (Å²) in [5.74, 6) is 0.374. The summed E-state index contributed by atoms with van der Waals surface area (Å²) >= 11 is 0. The van der Waals surface area contributed by atoms with E-state index < -0.39 is 5.82 Å². The number of furan rings is 1. The van der Waals surface area contributed by atoms with Crippen molar-refractivity contribution in [2.75, 3.05) is 0 Å². The monoisotopic (exact) mass is 322 g/mol. The molecule has 1 N–H and O–H groups in total. The van der Waals surface area contributed by atoms with Crippen molar-refractivity contribution < 1.29 is 13.9 Å². The lowest BCUT2D eigenvalue weighted by atomic mass is 10.3. The molecule has 0 aliphatic carbocycles. The number of phenolic OH excluding ortho intramolecular Hbond substituents is 1. The minimum atomic E-state index is -0.426. The molecule has 0 bridgehead atoms. The molecular weight excluding hydrogens is 311 g/mol. The molecule has 1 aromatic carbocycles. The van der Waals surface area contributed by atoms with E-state index in [9.17, 15) is 9.50 Å². The molecule has 4 rings (SSSR count). The number of nitrogens with zero attached hydrogens (tertiary/aromatic N) is 4. The molecule has 0 aliphatic heterocycles. The van der Waals surface area contributed by atoms with E-state index in [4.69, 9.17) is 4.42 Å². The highest BCUT2D eigenvalue weighted by molar-refractivity contribution is 5.71. The number of para-hydroxylation sites is 1. The summed E-state index contributed by atoms with van der Waals surface area (Å²) in [6.45, 7) is 0. The maximum atomic E-state index is 13.6. The van der Waals surface area contributed by atoms with E-state index in [2.05, 4.69) is 15.2 Å². The van der Waals surface area contributed by atoms with Gasteiger partial charge in [-0.15, -0.1) is 10.2 Å². The highest BCUT2D eigenvalue weighted by atomic mass is 19.1. The standard InChI is InChI=1S/C17H11FN4O2/c18-11-7-8-15-19-16(14-6-3-9-24-14)17(22(15)10-11)21-20-12-4-1-2-5-13(12)23/h1-10,23H. The fourth-order valence-corrected chi connectivity index (χ4v) is 2.33. The molecule has 0 saturated heterocycles. The summed E-state index contributed by atoms with van der Waals surface area (Å²) in [5, 5.41) is 18.0. The van der Waals surface area contributed by atoms with Crippen LogP contribution in [0.15, 0.2) is 75.6 Å². The Kier molecular flexibility index (Phi) is 3.31. The quantitative estimate of drug-likeness (QED) is 0.548. The van der Waals surface area contributed by atoms with Gasteiger partial charge in [0, 0.05) is 6.20 Å². The minimum absolute atomic E-state index is 0.000741. The number of phenols is 1. The summed E-state index contributed by atoms with van der Waals surface area (Å²) in [7, 11) is 0. The molecule has 3 heterocycles. The van der Waals surface area contributed by atoms with Crippen LogP contribution in [-0.4, -0.2) is 14.5 Å². The first kappa shape index (κ1) is 14.1. The van der Waals surface area contributed by atoms with Crippen LogP contribution in [0.5, 0.6) is 5.75 Å². The van der Waals surface area contributed by atoms with E-state index in [1.807, 2.05) is 0 Å². The number of fused-ring (bicyclic) bond motifs is 1. The zero-order valence-electron chi connectivity index (χ0n) is 12.3. The molecule has 6 nitrogen and oxygen atoms in total. The number of aromatic nitrogens is 2.